The van der Waals surface area contributed by atoms with Gasteiger partial charge in [0.1, 0.15) is 5.02 Å². The quantitative estimate of drug-likeness (QED) is 0.613. The smallest absolute Gasteiger partial charge is 0.290 e. The fraction of sp³-hybridized carbons (Fsp3) is 0.462. The largest absolute Gasteiger partial charge is 0.395 e. The molecule has 21 heavy (non-hydrogen) atoms. The van der Waals surface area contributed by atoms with Gasteiger partial charge in [-0.1, -0.05) is 36.5 Å². The SMILES string of the molecule is CCCCN(CCO)C(=O)c1cc(Cl)c(Cl)c([N+](=O)[O-])c1. The van der Waals surface area contributed by atoms with Gasteiger partial charge in [-0.15, -0.1) is 0 Å². The molecule has 0 heterocycles. The molecule has 0 spiro atoms. The molecule has 1 aromatic carbocycles. The molecule has 0 fully saturated rings. The van der Waals surface area contributed by atoms with E-state index < -0.39 is 16.5 Å². The Morgan fingerprint density at radius 3 is 2.57 bits per heavy atom. The third-order valence-electron chi connectivity index (χ3n) is 2.89. The lowest BCUT2D eigenvalue weighted by atomic mass is 10.1. The molecule has 0 unspecified atom stereocenters. The summed E-state index contributed by atoms with van der Waals surface area (Å²) in [6.07, 6.45) is 1.66. The van der Waals surface area contributed by atoms with Crippen molar-refractivity contribution in [3.63, 3.8) is 0 Å². The van der Waals surface area contributed by atoms with Crippen molar-refractivity contribution in [3.05, 3.63) is 37.9 Å². The van der Waals surface area contributed by atoms with E-state index in [0.29, 0.717) is 6.54 Å². The van der Waals surface area contributed by atoms with Crippen LogP contribution in [0.25, 0.3) is 0 Å². The van der Waals surface area contributed by atoms with E-state index in [9.17, 15) is 14.9 Å². The molecule has 116 valence electrons. The van der Waals surface area contributed by atoms with E-state index in [0.717, 1.165) is 18.9 Å². The lowest BCUT2D eigenvalue weighted by Crippen LogP contribution is -2.34. The summed E-state index contributed by atoms with van der Waals surface area (Å²) in [6, 6.07) is 2.41. The van der Waals surface area contributed by atoms with Crippen LogP contribution in [0.3, 0.4) is 0 Å². The minimum atomic E-state index is -0.687. The Kier molecular flexibility index (Phi) is 6.87. The Morgan fingerprint density at radius 2 is 2.05 bits per heavy atom. The van der Waals surface area contributed by atoms with Gasteiger partial charge in [0.25, 0.3) is 11.6 Å². The normalized spacial score (nSPS) is 10.5. The summed E-state index contributed by atoms with van der Waals surface area (Å²) in [5.74, 6) is -0.417. The molecule has 1 aromatic rings. The van der Waals surface area contributed by atoms with Crippen LogP contribution in [0.4, 0.5) is 5.69 Å². The number of hydrogen-bond donors (Lipinski definition) is 1. The molecule has 0 atom stereocenters. The van der Waals surface area contributed by atoms with Gasteiger partial charge in [0.15, 0.2) is 0 Å². The van der Waals surface area contributed by atoms with Gasteiger partial charge in [-0.2, -0.15) is 0 Å². The lowest BCUT2D eigenvalue weighted by molar-refractivity contribution is -0.384. The van der Waals surface area contributed by atoms with Crippen LogP contribution < -0.4 is 0 Å². The van der Waals surface area contributed by atoms with Gasteiger partial charge in [-0.25, -0.2) is 0 Å². The van der Waals surface area contributed by atoms with E-state index >= 15 is 0 Å². The minimum Gasteiger partial charge on any atom is -0.395 e. The van der Waals surface area contributed by atoms with E-state index in [-0.39, 0.29) is 28.8 Å². The molecule has 0 bridgehead atoms. The van der Waals surface area contributed by atoms with Crippen molar-refractivity contribution < 1.29 is 14.8 Å². The van der Waals surface area contributed by atoms with Crippen LogP contribution in [0, 0.1) is 10.1 Å². The molecular formula is C13H16Cl2N2O4. The fourth-order valence-corrected chi connectivity index (χ4v) is 2.19. The minimum absolute atomic E-state index is 0.0475. The molecule has 6 nitrogen and oxygen atoms in total. The second-order valence-corrected chi connectivity index (χ2v) is 5.20. The topological polar surface area (TPSA) is 83.7 Å². The summed E-state index contributed by atoms with van der Waals surface area (Å²) in [6.45, 7) is 2.42. The van der Waals surface area contributed by atoms with Crippen molar-refractivity contribution in [2.24, 2.45) is 0 Å². The molecule has 0 aliphatic rings. The number of hydrogen-bond acceptors (Lipinski definition) is 4. The number of nitro benzene ring substituents is 1. The molecule has 1 N–H and O–H groups in total. The number of nitro groups is 1. The van der Waals surface area contributed by atoms with E-state index in [1.807, 2.05) is 6.92 Å². The predicted molar refractivity (Wildman–Crippen MR) is 81.0 cm³/mol. The number of carbonyl (C=O) groups is 1. The fourth-order valence-electron chi connectivity index (χ4n) is 1.80. The number of aliphatic hydroxyl groups excluding tert-OH is 1. The van der Waals surface area contributed by atoms with E-state index in [2.05, 4.69) is 0 Å². The van der Waals surface area contributed by atoms with E-state index in [1.54, 1.807) is 0 Å². The molecule has 0 saturated heterocycles. The first-order chi connectivity index (χ1) is 9.92. The number of amides is 1. The number of benzene rings is 1. The van der Waals surface area contributed by atoms with Gasteiger partial charge < -0.3 is 10.0 Å². The van der Waals surface area contributed by atoms with E-state index in [4.69, 9.17) is 28.3 Å². The van der Waals surface area contributed by atoms with Gasteiger partial charge >= 0.3 is 0 Å². The Hall–Kier alpha value is -1.37. The molecular weight excluding hydrogens is 319 g/mol. The summed E-state index contributed by atoms with van der Waals surface area (Å²) in [7, 11) is 0. The maximum Gasteiger partial charge on any atom is 0.290 e. The van der Waals surface area contributed by atoms with Gasteiger partial charge in [0, 0.05) is 24.7 Å². The van der Waals surface area contributed by atoms with Crippen molar-refractivity contribution in [2.75, 3.05) is 19.7 Å². The van der Waals surface area contributed by atoms with Crippen LogP contribution in [0.5, 0.6) is 0 Å². The van der Waals surface area contributed by atoms with Crippen LogP contribution in [-0.4, -0.2) is 40.5 Å². The molecule has 0 radical (unpaired) electrons. The average molecular weight is 335 g/mol. The molecule has 1 rings (SSSR count). The zero-order chi connectivity index (χ0) is 16.0. The van der Waals surface area contributed by atoms with Gasteiger partial charge in [0.05, 0.1) is 16.6 Å². The third-order valence-corrected chi connectivity index (χ3v) is 3.68. The Labute approximate surface area is 132 Å². The van der Waals surface area contributed by atoms with Crippen molar-refractivity contribution in [2.45, 2.75) is 19.8 Å². The average Bonchev–Trinajstić information content (AvgIpc) is 2.45. The molecule has 8 heteroatoms. The summed E-state index contributed by atoms with van der Waals surface area (Å²) in [4.78, 5) is 24.0. The second-order valence-electron chi connectivity index (χ2n) is 4.42. The predicted octanol–water partition coefficient (Wildman–Crippen LogP) is 3.14. The van der Waals surface area contributed by atoms with Crippen molar-refractivity contribution in [1.82, 2.24) is 4.90 Å². The van der Waals surface area contributed by atoms with Crippen LogP contribution in [0.15, 0.2) is 12.1 Å². The summed E-state index contributed by atoms with van der Waals surface area (Å²) >= 11 is 11.6. The molecule has 0 saturated carbocycles. The number of unbranched alkanes of at least 4 members (excludes halogenated alkanes) is 1. The Balaban J connectivity index is 3.12. The highest BCUT2D eigenvalue weighted by Gasteiger charge is 2.22. The maximum absolute atomic E-state index is 12.4. The summed E-state index contributed by atoms with van der Waals surface area (Å²) in [5.41, 5.74) is -0.326. The first-order valence-corrected chi connectivity index (χ1v) is 7.21. The maximum atomic E-state index is 12.4. The molecule has 1 amide bonds. The van der Waals surface area contributed by atoms with Crippen LogP contribution >= 0.6 is 23.2 Å². The van der Waals surface area contributed by atoms with Gasteiger partial charge in [-0.05, 0) is 12.5 Å². The van der Waals surface area contributed by atoms with Crippen LogP contribution in [-0.2, 0) is 0 Å². The number of carbonyl (C=O) groups excluding carboxylic acids is 1. The Bertz CT molecular complexity index is 537. The second kappa shape index (κ2) is 8.17. The lowest BCUT2D eigenvalue weighted by Gasteiger charge is -2.21. The zero-order valence-corrected chi connectivity index (χ0v) is 13.0. The molecule has 0 aromatic heterocycles. The third kappa shape index (κ3) is 4.56. The highest BCUT2D eigenvalue weighted by atomic mass is 35.5. The zero-order valence-electron chi connectivity index (χ0n) is 11.5. The summed E-state index contributed by atoms with van der Waals surface area (Å²) < 4.78 is 0. The van der Waals surface area contributed by atoms with Crippen molar-refractivity contribution >= 4 is 34.8 Å². The van der Waals surface area contributed by atoms with Gasteiger partial charge in [-0.3, -0.25) is 14.9 Å². The molecule has 0 aliphatic heterocycles. The summed E-state index contributed by atoms with van der Waals surface area (Å²) in [5, 5.41) is 19.7. The van der Waals surface area contributed by atoms with Crippen molar-refractivity contribution in [3.8, 4) is 0 Å². The number of rotatable bonds is 7. The highest BCUT2D eigenvalue weighted by Crippen LogP contribution is 2.33. The first kappa shape index (κ1) is 17.7. The Morgan fingerprint density at radius 1 is 1.38 bits per heavy atom. The van der Waals surface area contributed by atoms with Crippen LogP contribution in [0.2, 0.25) is 10.0 Å². The van der Waals surface area contributed by atoms with Crippen molar-refractivity contribution in [1.29, 1.82) is 0 Å². The van der Waals surface area contributed by atoms with Gasteiger partial charge in [0.2, 0.25) is 0 Å². The number of aliphatic hydroxyl groups is 1. The number of nitrogens with zero attached hydrogens (tertiary/aromatic N) is 2. The molecule has 0 aliphatic carbocycles. The monoisotopic (exact) mass is 334 g/mol. The number of halogens is 2. The highest BCUT2D eigenvalue weighted by molar-refractivity contribution is 6.43. The van der Waals surface area contributed by atoms with E-state index in [1.165, 1.54) is 11.0 Å². The standard InChI is InChI=1S/C13H16Cl2N2O4/c1-2-3-4-16(5-6-18)13(19)9-7-10(14)12(15)11(8-9)17(20)21/h7-8,18H,2-6H2,1H3. The van der Waals surface area contributed by atoms with Crippen LogP contribution in [0.1, 0.15) is 30.1 Å². The first-order valence-electron chi connectivity index (χ1n) is 6.45.